The summed E-state index contributed by atoms with van der Waals surface area (Å²) in [7, 11) is 0. The predicted molar refractivity (Wildman–Crippen MR) is 121 cm³/mol. The normalized spacial score (nSPS) is 30.1. The molecule has 4 fully saturated rings. The monoisotopic (exact) mass is 442 g/mol. The fourth-order valence-electron chi connectivity index (χ4n) is 6.79. The zero-order valence-electron chi connectivity index (χ0n) is 18.8. The summed E-state index contributed by atoms with van der Waals surface area (Å²) in [6.07, 6.45) is 9.86. The van der Waals surface area contributed by atoms with Crippen LogP contribution in [-0.4, -0.2) is 32.5 Å². The molecule has 0 unspecified atom stereocenters. The predicted octanol–water partition coefficient (Wildman–Crippen LogP) is 5.01. The molecule has 1 amide bonds. The summed E-state index contributed by atoms with van der Waals surface area (Å²) in [5.41, 5.74) is 0.333. The van der Waals surface area contributed by atoms with Gasteiger partial charge in [0.15, 0.2) is 16.7 Å². The summed E-state index contributed by atoms with van der Waals surface area (Å²) in [5.74, 6) is 5.04. The second kappa shape index (κ2) is 8.30. The summed E-state index contributed by atoms with van der Waals surface area (Å²) in [5, 5.41) is 12.9. The zero-order chi connectivity index (χ0) is 21.6. The third kappa shape index (κ3) is 4.18. The SMILES string of the molecule is CC(C)Cn1c(SCC(=O)N[C@H](C)C23CC4CC(CC(C4)C2)C3)nnc1-c1ccco1. The lowest BCUT2D eigenvalue weighted by molar-refractivity contribution is -0.123. The molecule has 1 N–H and O–H groups in total. The molecule has 0 aliphatic heterocycles. The van der Waals surface area contributed by atoms with Gasteiger partial charge in [0.2, 0.25) is 5.91 Å². The lowest BCUT2D eigenvalue weighted by atomic mass is 9.48. The summed E-state index contributed by atoms with van der Waals surface area (Å²) in [6.45, 7) is 7.36. The highest BCUT2D eigenvalue weighted by Gasteiger charge is 2.53. The molecule has 2 aromatic heterocycles. The summed E-state index contributed by atoms with van der Waals surface area (Å²) >= 11 is 1.47. The van der Waals surface area contributed by atoms with E-state index in [2.05, 4.69) is 40.9 Å². The van der Waals surface area contributed by atoms with E-state index in [0.717, 1.165) is 35.3 Å². The lowest BCUT2D eigenvalue weighted by Gasteiger charge is -2.59. The van der Waals surface area contributed by atoms with E-state index < -0.39 is 0 Å². The highest BCUT2D eigenvalue weighted by Crippen LogP contribution is 2.61. The van der Waals surface area contributed by atoms with E-state index in [0.29, 0.717) is 22.8 Å². The number of hydrogen-bond acceptors (Lipinski definition) is 5. The second-order valence-electron chi connectivity index (χ2n) is 10.6. The minimum absolute atomic E-state index is 0.104. The number of furan rings is 1. The van der Waals surface area contributed by atoms with Gasteiger partial charge in [-0.05, 0) is 86.7 Å². The third-order valence-corrected chi connectivity index (χ3v) is 8.69. The zero-order valence-corrected chi connectivity index (χ0v) is 19.7. The number of hydrogen-bond donors (Lipinski definition) is 1. The van der Waals surface area contributed by atoms with Gasteiger partial charge in [-0.2, -0.15) is 0 Å². The van der Waals surface area contributed by atoms with Crippen molar-refractivity contribution in [1.29, 1.82) is 0 Å². The molecule has 0 aromatic carbocycles. The Morgan fingerprint density at radius 2 is 1.87 bits per heavy atom. The van der Waals surface area contributed by atoms with E-state index >= 15 is 0 Å². The Bertz CT molecular complexity index is 885. The Labute approximate surface area is 188 Å². The third-order valence-electron chi connectivity index (χ3n) is 7.72. The van der Waals surface area contributed by atoms with Crippen LogP contribution in [0.1, 0.15) is 59.3 Å². The Morgan fingerprint density at radius 3 is 2.45 bits per heavy atom. The first kappa shape index (κ1) is 21.1. The number of nitrogens with zero attached hydrogens (tertiary/aromatic N) is 3. The van der Waals surface area contributed by atoms with Crippen molar-refractivity contribution in [2.75, 3.05) is 5.75 Å². The molecular weight excluding hydrogens is 408 g/mol. The van der Waals surface area contributed by atoms with Gasteiger partial charge < -0.3 is 9.73 Å². The van der Waals surface area contributed by atoms with Gasteiger partial charge in [-0.1, -0.05) is 25.6 Å². The molecule has 4 aliphatic carbocycles. The molecule has 4 bridgehead atoms. The fraction of sp³-hybridized carbons (Fsp3) is 0.708. The van der Waals surface area contributed by atoms with E-state index in [4.69, 9.17) is 4.42 Å². The Balaban J connectivity index is 1.23. The minimum atomic E-state index is 0.104. The van der Waals surface area contributed by atoms with Crippen LogP contribution in [0.5, 0.6) is 0 Å². The molecule has 4 aliphatic rings. The standard InChI is InChI=1S/C24H34N4O2S/c1-15(2)13-28-22(20-5-4-6-30-20)26-27-23(28)31-14-21(29)25-16(3)24-10-17-7-18(11-24)9-19(8-17)12-24/h4-6,15-19H,7-14H2,1-3H3,(H,25,29)/t16-,17?,18?,19?,24?/m1/s1. The van der Waals surface area contributed by atoms with Crippen molar-refractivity contribution in [2.24, 2.45) is 29.1 Å². The fourth-order valence-corrected chi connectivity index (χ4v) is 7.55. The molecule has 0 saturated heterocycles. The van der Waals surface area contributed by atoms with Crippen molar-refractivity contribution < 1.29 is 9.21 Å². The molecule has 1 atom stereocenters. The molecule has 0 radical (unpaired) electrons. The number of amides is 1. The maximum atomic E-state index is 12.9. The molecule has 0 spiro atoms. The molecular formula is C24H34N4O2S. The van der Waals surface area contributed by atoms with Crippen LogP contribution in [0.3, 0.4) is 0 Å². The van der Waals surface area contributed by atoms with E-state index in [-0.39, 0.29) is 11.9 Å². The van der Waals surface area contributed by atoms with Crippen molar-refractivity contribution in [3.05, 3.63) is 18.4 Å². The van der Waals surface area contributed by atoms with E-state index in [1.165, 1.54) is 50.3 Å². The number of nitrogens with one attached hydrogen (secondary N) is 1. The summed E-state index contributed by atoms with van der Waals surface area (Å²) < 4.78 is 7.61. The van der Waals surface area contributed by atoms with Crippen molar-refractivity contribution in [3.63, 3.8) is 0 Å². The summed E-state index contributed by atoms with van der Waals surface area (Å²) in [6, 6.07) is 4.01. The van der Waals surface area contributed by atoms with Crippen LogP contribution in [-0.2, 0) is 11.3 Å². The molecule has 6 nitrogen and oxygen atoms in total. The van der Waals surface area contributed by atoms with Gasteiger partial charge in [0.1, 0.15) is 0 Å². The maximum Gasteiger partial charge on any atom is 0.230 e. The Hall–Kier alpha value is -1.76. The van der Waals surface area contributed by atoms with Crippen molar-refractivity contribution in [3.8, 4) is 11.6 Å². The molecule has 7 heteroatoms. The van der Waals surface area contributed by atoms with Crippen LogP contribution in [0, 0.1) is 29.1 Å². The van der Waals surface area contributed by atoms with Crippen LogP contribution < -0.4 is 5.32 Å². The van der Waals surface area contributed by atoms with Gasteiger partial charge in [0.25, 0.3) is 0 Å². The quantitative estimate of drug-likeness (QED) is 0.582. The van der Waals surface area contributed by atoms with Gasteiger partial charge in [0, 0.05) is 12.6 Å². The van der Waals surface area contributed by atoms with Crippen molar-refractivity contribution in [2.45, 2.75) is 77.0 Å². The van der Waals surface area contributed by atoms with Gasteiger partial charge >= 0.3 is 0 Å². The number of aromatic nitrogens is 3. The van der Waals surface area contributed by atoms with E-state index in [1.807, 2.05) is 12.1 Å². The minimum Gasteiger partial charge on any atom is -0.461 e. The van der Waals surface area contributed by atoms with Crippen molar-refractivity contribution in [1.82, 2.24) is 20.1 Å². The molecule has 168 valence electrons. The number of carbonyl (C=O) groups is 1. The topological polar surface area (TPSA) is 73.0 Å². The van der Waals surface area contributed by atoms with Crippen LogP contribution in [0.4, 0.5) is 0 Å². The molecule has 2 aromatic rings. The largest absolute Gasteiger partial charge is 0.461 e. The lowest BCUT2D eigenvalue weighted by Crippen LogP contribution is -2.56. The molecule has 4 saturated carbocycles. The van der Waals surface area contributed by atoms with Gasteiger partial charge in [-0.25, -0.2) is 0 Å². The smallest absolute Gasteiger partial charge is 0.230 e. The van der Waals surface area contributed by atoms with Crippen LogP contribution in [0.15, 0.2) is 28.0 Å². The maximum absolute atomic E-state index is 12.9. The van der Waals surface area contributed by atoms with Crippen LogP contribution in [0.2, 0.25) is 0 Å². The number of rotatable bonds is 8. The number of thioether (sulfide) groups is 1. The van der Waals surface area contributed by atoms with Gasteiger partial charge in [-0.15, -0.1) is 10.2 Å². The molecule has 31 heavy (non-hydrogen) atoms. The van der Waals surface area contributed by atoms with Crippen molar-refractivity contribution >= 4 is 17.7 Å². The second-order valence-corrected chi connectivity index (χ2v) is 11.6. The number of carbonyl (C=O) groups excluding carboxylic acids is 1. The average Bonchev–Trinajstić information content (AvgIpc) is 3.35. The Morgan fingerprint density at radius 1 is 1.19 bits per heavy atom. The van der Waals surface area contributed by atoms with E-state index in [9.17, 15) is 4.79 Å². The van der Waals surface area contributed by atoms with Crippen LogP contribution >= 0.6 is 11.8 Å². The first-order valence-electron chi connectivity index (χ1n) is 11.8. The molecule has 2 heterocycles. The Kier molecular flexibility index (Phi) is 5.65. The van der Waals surface area contributed by atoms with Gasteiger partial charge in [0.05, 0.1) is 12.0 Å². The highest BCUT2D eigenvalue weighted by molar-refractivity contribution is 7.99. The van der Waals surface area contributed by atoms with Gasteiger partial charge in [-0.3, -0.25) is 9.36 Å². The first-order valence-corrected chi connectivity index (χ1v) is 12.8. The summed E-state index contributed by atoms with van der Waals surface area (Å²) in [4.78, 5) is 12.9. The average molecular weight is 443 g/mol. The van der Waals surface area contributed by atoms with Crippen LogP contribution in [0.25, 0.3) is 11.6 Å². The first-order chi connectivity index (χ1) is 14.9. The molecule has 6 rings (SSSR count). The highest BCUT2D eigenvalue weighted by atomic mass is 32.2. The van der Waals surface area contributed by atoms with E-state index in [1.54, 1.807) is 6.26 Å².